The van der Waals surface area contributed by atoms with E-state index in [1.807, 2.05) is 0 Å². The standard InChI is InChI=1S/C12H10P2/c1-2-6-10-9(5-1)13-11-7-3-4-8-12(11)14-10/h1-8,13-14H. The Hall–Kier alpha value is -0.700. The fourth-order valence-corrected chi connectivity index (χ4v) is 4.61. The summed E-state index contributed by atoms with van der Waals surface area (Å²) in [6.07, 6.45) is 0. The van der Waals surface area contributed by atoms with Crippen LogP contribution in [-0.4, -0.2) is 0 Å². The van der Waals surface area contributed by atoms with E-state index in [-0.39, 0.29) is 0 Å². The van der Waals surface area contributed by atoms with Crippen LogP contribution in [0.3, 0.4) is 0 Å². The predicted octanol–water partition coefficient (Wildman–Crippen LogP) is 1.26. The molecule has 0 saturated heterocycles. The molecule has 0 fully saturated rings. The molecule has 0 N–H and O–H groups in total. The Morgan fingerprint density at radius 2 is 0.786 bits per heavy atom. The van der Waals surface area contributed by atoms with E-state index in [2.05, 4.69) is 48.5 Å². The highest BCUT2D eigenvalue weighted by Crippen LogP contribution is 2.21. The molecule has 68 valence electrons. The van der Waals surface area contributed by atoms with E-state index in [1.54, 1.807) is 0 Å². The lowest BCUT2D eigenvalue weighted by Gasteiger charge is -2.18. The largest absolute Gasteiger partial charge is 0.0616 e. The minimum atomic E-state index is 0.851. The fraction of sp³-hybridized carbons (Fsp3) is 0. The first-order valence-corrected chi connectivity index (χ1v) is 6.65. The molecule has 2 heteroatoms. The summed E-state index contributed by atoms with van der Waals surface area (Å²) in [7, 11) is 1.70. The second kappa shape index (κ2) is 3.46. The van der Waals surface area contributed by atoms with Gasteiger partial charge in [-0.15, -0.1) is 0 Å². The van der Waals surface area contributed by atoms with Gasteiger partial charge in [-0.1, -0.05) is 65.7 Å². The van der Waals surface area contributed by atoms with Gasteiger partial charge in [-0.2, -0.15) is 0 Å². The van der Waals surface area contributed by atoms with E-state index >= 15 is 0 Å². The third-order valence-electron chi connectivity index (χ3n) is 2.39. The molecule has 0 atom stereocenters. The van der Waals surface area contributed by atoms with Crippen molar-refractivity contribution in [3.05, 3.63) is 48.5 Å². The third-order valence-corrected chi connectivity index (χ3v) is 5.71. The van der Waals surface area contributed by atoms with Crippen LogP contribution in [0, 0.1) is 0 Å². The average molecular weight is 216 g/mol. The average Bonchev–Trinajstić information content (AvgIpc) is 2.26. The highest BCUT2D eigenvalue weighted by Gasteiger charge is 2.13. The predicted molar refractivity (Wildman–Crippen MR) is 68.1 cm³/mol. The molecule has 14 heavy (non-hydrogen) atoms. The molecule has 3 rings (SSSR count). The van der Waals surface area contributed by atoms with Gasteiger partial charge in [0, 0.05) is 0 Å². The maximum atomic E-state index is 2.26. The molecule has 0 saturated carbocycles. The molecular formula is C12H10P2. The van der Waals surface area contributed by atoms with Crippen LogP contribution in [0.15, 0.2) is 48.5 Å². The van der Waals surface area contributed by atoms with Crippen LogP contribution in [0.1, 0.15) is 0 Å². The van der Waals surface area contributed by atoms with Crippen molar-refractivity contribution in [2.45, 2.75) is 0 Å². The molecule has 0 aliphatic carbocycles. The number of hydrogen-bond acceptors (Lipinski definition) is 0. The van der Waals surface area contributed by atoms with Gasteiger partial charge in [0.2, 0.25) is 0 Å². The molecule has 0 nitrogen and oxygen atoms in total. The fourth-order valence-electron chi connectivity index (χ4n) is 1.69. The van der Waals surface area contributed by atoms with Crippen LogP contribution >= 0.6 is 17.2 Å². The van der Waals surface area contributed by atoms with Gasteiger partial charge >= 0.3 is 0 Å². The van der Waals surface area contributed by atoms with Crippen LogP contribution in [0.2, 0.25) is 0 Å². The summed E-state index contributed by atoms with van der Waals surface area (Å²) < 4.78 is 0. The van der Waals surface area contributed by atoms with Gasteiger partial charge in [0.15, 0.2) is 0 Å². The van der Waals surface area contributed by atoms with E-state index in [4.69, 9.17) is 0 Å². The third kappa shape index (κ3) is 1.40. The highest BCUT2D eigenvalue weighted by atomic mass is 31.1. The van der Waals surface area contributed by atoms with Crippen molar-refractivity contribution in [3.8, 4) is 0 Å². The first-order valence-electron chi connectivity index (χ1n) is 4.65. The summed E-state index contributed by atoms with van der Waals surface area (Å²) in [5.74, 6) is 0. The number of fused-ring (bicyclic) bond motifs is 2. The summed E-state index contributed by atoms with van der Waals surface area (Å²) in [4.78, 5) is 0. The first kappa shape index (κ1) is 8.60. The van der Waals surface area contributed by atoms with Crippen LogP contribution in [0.4, 0.5) is 0 Å². The Labute approximate surface area is 87.3 Å². The minimum Gasteiger partial charge on any atom is -0.0616 e. The van der Waals surface area contributed by atoms with Gasteiger partial charge in [-0.3, -0.25) is 0 Å². The van der Waals surface area contributed by atoms with Gasteiger partial charge in [0.1, 0.15) is 0 Å². The smallest absolute Gasteiger partial charge is 0.0149 e. The molecule has 2 aromatic rings. The number of benzene rings is 2. The van der Waals surface area contributed by atoms with Crippen LogP contribution in [0.25, 0.3) is 0 Å². The lowest BCUT2D eigenvalue weighted by molar-refractivity contribution is 1.80. The number of rotatable bonds is 0. The lowest BCUT2D eigenvalue weighted by Crippen LogP contribution is -2.31. The quantitative estimate of drug-likeness (QED) is 0.496. The molecule has 2 aromatic carbocycles. The normalized spacial score (nSPS) is 16.6. The van der Waals surface area contributed by atoms with Crippen LogP contribution < -0.4 is 21.2 Å². The van der Waals surface area contributed by atoms with Crippen molar-refractivity contribution < 1.29 is 0 Å². The van der Waals surface area contributed by atoms with Crippen LogP contribution in [-0.2, 0) is 0 Å². The van der Waals surface area contributed by atoms with Gasteiger partial charge < -0.3 is 0 Å². The highest BCUT2D eigenvalue weighted by molar-refractivity contribution is 7.68. The topological polar surface area (TPSA) is 0 Å². The Balaban J connectivity index is 2.12. The zero-order valence-electron chi connectivity index (χ0n) is 7.62. The van der Waals surface area contributed by atoms with E-state index in [1.165, 1.54) is 21.2 Å². The molecule has 1 aliphatic heterocycles. The van der Waals surface area contributed by atoms with E-state index in [9.17, 15) is 0 Å². The summed E-state index contributed by atoms with van der Waals surface area (Å²) in [6.45, 7) is 0. The molecule has 0 amide bonds. The first-order chi connectivity index (χ1) is 6.93. The van der Waals surface area contributed by atoms with Gasteiger partial charge in [0.25, 0.3) is 0 Å². The second-order valence-corrected chi connectivity index (χ2v) is 6.00. The zero-order chi connectivity index (χ0) is 9.38. The lowest BCUT2D eigenvalue weighted by atomic mass is 10.3. The zero-order valence-corrected chi connectivity index (χ0v) is 9.62. The summed E-state index contributed by atoms with van der Waals surface area (Å²) in [5.41, 5.74) is 0. The molecule has 0 unspecified atom stereocenters. The molecule has 0 bridgehead atoms. The van der Waals surface area contributed by atoms with E-state index in [0.717, 1.165) is 17.2 Å². The maximum Gasteiger partial charge on any atom is -0.0149 e. The monoisotopic (exact) mass is 216 g/mol. The molecule has 1 heterocycles. The van der Waals surface area contributed by atoms with Crippen molar-refractivity contribution >= 4 is 38.4 Å². The van der Waals surface area contributed by atoms with E-state index in [0.29, 0.717) is 0 Å². The Morgan fingerprint density at radius 1 is 0.500 bits per heavy atom. The Bertz CT molecular complexity index is 390. The maximum absolute atomic E-state index is 2.26. The molecule has 1 aliphatic rings. The number of hydrogen-bond donors (Lipinski definition) is 0. The van der Waals surface area contributed by atoms with Gasteiger partial charge in [-0.05, 0) is 21.2 Å². The van der Waals surface area contributed by atoms with Crippen molar-refractivity contribution in [1.29, 1.82) is 0 Å². The van der Waals surface area contributed by atoms with E-state index < -0.39 is 0 Å². The van der Waals surface area contributed by atoms with Gasteiger partial charge in [-0.25, -0.2) is 0 Å². The summed E-state index contributed by atoms with van der Waals surface area (Å²) >= 11 is 0. The Morgan fingerprint density at radius 3 is 1.07 bits per heavy atom. The van der Waals surface area contributed by atoms with Crippen molar-refractivity contribution in [1.82, 2.24) is 0 Å². The van der Waals surface area contributed by atoms with Crippen LogP contribution in [0.5, 0.6) is 0 Å². The second-order valence-electron chi connectivity index (χ2n) is 3.34. The Kier molecular flexibility index (Phi) is 2.13. The van der Waals surface area contributed by atoms with Crippen molar-refractivity contribution in [3.63, 3.8) is 0 Å². The molecular weight excluding hydrogens is 206 g/mol. The molecule has 0 aromatic heterocycles. The van der Waals surface area contributed by atoms with Gasteiger partial charge in [0.05, 0.1) is 0 Å². The summed E-state index contributed by atoms with van der Waals surface area (Å²) in [5, 5.41) is 6.13. The molecule has 0 radical (unpaired) electrons. The van der Waals surface area contributed by atoms with Crippen molar-refractivity contribution in [2.75, 3.05) is 0 Å². The van der Waals surface area contributed by atoms with Crippen molar-refractivity contribution in [2.24, 2.45) is 0 Å². The summed E-state index contributed by atoms with van der Waals surface area (Å²) in [6, 6.07) is 17.6. The SMILES string of the molecule is c1ccc2c(c1)Pc1ccccc1P2. The minimum absolute atomic E-state index is 0.851. The molecule has 0 spiro atoms.